The lowest BCUT2D eigenvalue weighted by Gasteiger charge is -2.19. The normalized spacial score (nSPS) is 14.6. The Morgan fingerprint density at radius 1 is 1.08 bits per heavy atom. The summed E-state index contributed by atoms with van der Waals surface area (Å²) < 4.78 is 97.5. The van der Waals surface area contributed by atoms with Gasteiger partial charge in [-0.1, -0.05) is 49.2 Å². The highest BCUT2D eigenvalue weighted by Gasteiger charge is 2.41. The summed E-state index contributed by atoms with van der Waals surface area (Å²) in [5.41, 5.74) is -3.33. The van der Waals surface area contributed by atoms with E-state index in [9.17, 15) is 35.5 Å². The molecule has 1 unspecified atom stereocenters. The van der Waals surface area contributed by atoms with E-state index < -0.39 is 52.1 Å². The number of rotatable bonds is 9. The van der Waals surface area contributed by atoms with Crippen LogP contribution in [-0.2, 0) is 6.18 Å². The predicted octanol–water partition coefficient (Wildman–Crippen LogP) is 10.4. The van der Waals surface area contributed by atoms with E-state index in [1.54, 1.807) is 6.92 Å². The van der Waals surface area contributed by atoms with Crippen molar-refractivity contribution in [1.29, 1.82) is 0 Å². The van der Waals surface area contributed by atoms with Crippen molar-refractivity contribution in [2.45, 2.75) is 38.5 Å². The van der Waals surface area contributed by atoms with Gasteiger partial charge in [-0.25, -0.2) is 4.39 Å². The zero-order valence-corrected chi connectivity index (χ0v) is 22.8. The molecule has 198 valence electrons. The van der Waals surface area contributed by atoms with Crippen LogP contribution < -0.4 is 0 Å². The quantitative estimate of drug-likeness (QED) is 0.154. The van der Waals surface area contributed by atoms with Gasteiger partial charge >= 0.3 is 12.4 Å². The first-order valence-electron chi connectivity index (χ1n) is 10.5. The topological polar surface area (TPSA) is 17.1 Å². The molecular formula is C24H20BrCl2F7OS. The molecule has 0 aliphatic carbocycles. The van der Waals surface area contributed by atoms with Gasteiger partial charge in [0.25, 0.3) is 0 Å². The van der Waals surface area contributed by atoms with Gasteiger partial charge in [0.2, 0.25) is 0 Å². The van der Waals surface area contributed by atoms with E-state index in [-0.39, 0.29) is 32.9 Å². The first-order chi connectivity index (χ1) is 16.6. The molecule has 0 amide bonds. The smallest absolute Gasteiger partial charge is 0.294 e. The van der Waals surface area contributed by atoms with Crippen molar-refractivity contribution < 1.29 is 35.5 Å². The van der Waals surface area contributed by atoms with Crippen molar-refractivity contribution in [3.63, 3.8) is 0 Å². The second-order valence-electron chi connectivity index (χ2n) is 7.98. The van der Waals surface area contributed by atoms with Crippen LogP contribution in [0.5, 0.6) is 0 Å². The lowest BCUT2D eigenvalue weighted by Crippen LogP contribution is -2.19. The second kappa shape index (κ2) is 12.5. The fourth-order valence-corrected chi connectivity index (χ4v) is 4.84. The summed E-state index contributed by atoms with van der Waals surface area (Å²) in [4.78, 5) is 12.6. The maximum absolute atomic E-state index is 15.0. The Kier molecular flexibility index (Phi) is 10.8. The van der Waals surface area contributed by atoms with Gasteiger partial charge in [0, 0.05) is 17.5 Å². The summed E-state index contributed by atoms with van der Waals surface area (Å²) in [7, 11) is 0. The Labute approximate surface area is 226 Å². The number of carbonyl (C=O) groups is 1. The highest BCUT2D eigenvalue weighted by Crippen LogP contribution is 2.43. The molecule has 0 saturated carbocycles. The van der Waals surface area contributed by atoms with E-state index in [0.717, 1.165) is 30.0 Å². The van der Waals surface area contributed by atoms with Gasteiger partial charge in [0.1, 0.15) is 11.7 Å². The van der Waals surface area contributed by atoms with Gasteiger partial charge in [-0.2, -0.15) is 38.1 Å². The molecule has 2 aromatic rings. The average molecular weight is 640 g/mol. The highest BCUT2D eigenvalue weighted by molar-refractivity contribution is 9.10. The van der Waals surface area contributed by atoms with Crippen LogP contribution in [-0.4, -0.2) is 23.5 Å². The van der Waals surface area contributed by atoms with Gasteiger partial charge in [0.15, 0.2) is 5.78 Å². The Balaban J connectivity index is 2.51. The standard InChI is InChI=1S/C24H20BrCl2F7OS/c1-3-36-11-12(2)6-21(35)15-5-4-13(7-17(15)24(32,33)34)20(28)10-16(23(29,30)31)14-8-18(26)22(25)19(27)9-14/h4-5,7-10,12,16H,3,6,11H2,1-2H3/b20-10-/t12-,16?/m0/s1. The number of ketones is 1. The molecule has 0 saturated heterocycles. The number of carbonyl (C=O) groups excluding carboxylic acids is 1. The van der Waals surface area contributed by atoms with Crippen LogP contribution in [0.2, 0.25) is 10.0 Å². The number of allylic oxidation sites excluding steroid dienone is 1. The largest absolute Gasteiger partial charge is 0.417 e. The molecule has 0 N–H and O–H groups in total. The van der Waals surface area contributed by atoms with E-state index in [1.807, 2.05) is 6.92 Å². The third-order valence-corrected chi connectivity index (χ3v) is 8.19. The minimum atomic E-state index is -5.03. The van der Waals surface area contributed by atoms with E-state index in [0.29, 0.717) is 11.8 Å². The van der Waals surface area contributed by atoms with Crippen molar-refractivity contribution in [2.75, 3.05) is 11.5 Å². The Morgan fingerprint density at radius 2 is 1.67 bits per heavy atom. The van der Waals surface area contributed by atoms with Crippen LogP contribution in [0, 0.1) is 5.92 Å². The summed E-state index contributed by atoms with van der Waals surface area (Å²) in [5.74, 6) is -3.73. The average Bonchev–Trinajstić information content (AvgIpc) is 2.77. The number of alkyl halides is 6. The molecule has 0 aliphatic rings. The third kappa shape index (κ3) is 8.13. The van der Waals surface area contributed by atoms with Crippen molar-refractivity contribution in [2.24, 2.45) is 5.92 Å². The molecule has 0 heterocycles. The molecule has 0 fully saturated rings. The number of halogens is 10. The molecule has 12 heteroatoms. The molecule has 0 radical (unpaired) electrons. The van der Waals surface area contributed by atoms with Gasteiger partial charge in [0.05, 0.1) is 20.1 Å². The van der Waals surface area contributed by atoms with Crippen molar-refractivity contribution in [3.8, 4) is 0 Å². The zero-order valence-electron chi connectivity index (χ0n) is 18.8. The zero-order chi connectivity index (χ0) is 27.4. The number of benzene rings is 2. The van der Waals surface area contributed by atoms with Crippen LogP contribution in [0.25, 0.3) is 5.83 Å². The van der Waals surface area contributed by atoms with E-state index in [2.05, 4.69) is 15.9 Å². The molecule has 2 rings (SSSR count). The van der Waals surface area contributed by atoms with E-state index in [1.165, 1.54) is 11.8 Å². The van der Waals surface area contributed by atoms with Crippen LogP contribution in [0.15, 0.2) is 40.9 Å². The van der Waals surface area contributed by atoms with Gasteiger partial charge in [-0.3, -0.25) is 4.79 Å². The molecule has 1 nitrogen and oxygen atoms in total. The molecule has 0 aromatic heterocycles. The molecular weight excluding hydrogens is 620 g/mol. The van der Waals surface area contributed by atoms with E-state index >= 15 is 0 Å². The summed E-state index contributed by atoms with van der Waals surface area (Å²) in [6, 6.07) is 3.86. The number of thioether (sulfide) groups is 1. The van der Waals surface area contributed by atoms with Crippen LogP contribution in [0.1, 0.15) is 53.2 Å². The monoisotopic (exact) mass is 638 g/mol. The minimum Gasteiger partial charge on any atom is -0.294 e. The molecule has 2 atom stereocenters. The number of Topliss-reactive ketones (excluding diaryl/α,β-unsaturated/α-hetero) is 1. The fraction of sp³-hybridized carbons (Fsp3) is 0.375. The summed E-state index contributed by atoms with van der Waals surface area (Å²) >= 11 is 16.3. The van der Waals surface area contributed by atoms with Crippen molar-refractivity contribution in [3.05, 3.63) is 73.2 Å². The molecule has 0 bridgehead atoms. The summed E-state index contributed by atoms with van der Waals surface area (Å²) in [5, 5.41) is -0.316. The lowest BCUT2D eigenvalue weighted by molar-refractivity contribution is -0.140. The predicted molar refractivity (Wildman–Crippen MR) is 135 cm³/mol. The second-order valence-corrected chi connectivity index (χ2v) is 10.9. The number of hydrogen-bond acceptors (Lipinski definition) is 2. The Hall–Kier alpha value is -1.23. The van der Waals surface area contributed by atoms with Gasteiger partial charge in [-0.15, -0.1) is 0 Å². The maximum Gasteiger partial charge on any atom is 0.417 e. The SMILES string of the molecule is CCSC[C@@H](C)CC(=O)c1ccc(/C(F)=C/C(c2cc(Cl)c(Br)c(Cl)c2)C(F)(F)F)cc1C(F)(F)F. The summed E-state index contributed by atoms with van der Waals surface area (Å²) in [6.45, 7) is 3.63. The van der Waals surface area contributed by atoms with Gasteiger partial charge in [-0.05, 0) is 63.2 Å². The maximum atomic E-state index is 15.0. The Morgan fingerprint density at radius 3 is 2.17 bits per heavy atom. The van der Waals surface area contributed by atoms with Crippen LogP contribution in [0.3, 0.4) is 0 Å². The first kappa shape index (κ1) is 31.0. The minimum absolute atomic E-state index is 0.137. The van der Waals surface area contributed by atoms with E-state index in [4.69, 9.17) is 23.2 Å². The fourth-order valence-electron chi connectivity index (χ4n) is 3.35. The highest BCUT2D eigenvalue weighted by atomic mass is 79.9. The van der Waals surface area contributed by atoms with Gasteiger partial charge < -0.3 is 0 Å². The van der Waals surface area contributed by atoms with Crippen LogP contribution in [0.4, 0.5) is 30.7 Å². The molecule has 2 aromatic carbocycles. The molecule has 36 heavy (non-hydrogen) atoms. The third-order valence-electron chi connectivity index (χ3n) is 5.07. The Bertz CT molecular complexity index is 1110. The molecule has 0 spiro atoms. The first-order valence-corrected chi connectivity index (χ1v) is 13.2. The number of hydrogen-bond donors (Lipinski definition) is 0. The van der Waals surface area contributed by atoms with Crippen molar-refractivity contribution in [1.82, 2.24) is 0 Å². The summed E-state index contributed by atoms with van der Waals surface area (Å²) in [6.07, 6.45) is -10.0. The lowest BCUT2D eigenvalue weighted by atomic mass is 9.93. The molecule has 0 aliphatic heterocycles. The van der Waals surface area contributed by atoms with Crippen molar-refractivity contribution >= 4 is 62.5 Å². The van der Waals surface area contributed by atoms with Crippen LogP contribution >= 0.6 is 50.9 Å².